The van der Waals surface area contributed by atoms with E-state index in [1.807, 2.05) is 0 Å². The van der Waals surface area contributed by atoms with Crippen molar-refractivity contribution in [1.29, 1.82) is 0 Å². The Morgan fingerprint density at radius 1 is 1.40 bits per heavy atom. The molecule has 0 spiro atoms. The Morgan fingerprint density at radius 3 is 2.80 bits per heavy atom. The predicted molar refractivity (Wildman–Crippen MR) is 64.5 cm³/mol. The molecule has 3 nitrogen and oxygen atoms in total. The standard InChI is InChI=1S/C11H22N2O.ClH/c1-11(2,12)8-13-6-3-4-10-9(13)5-7-14-10;/h9-10H,3-8,12H2,1-2H3;1H/t9-,10-;/m1./s1. The van der Waals surface area contributed by atoms with Crippen molar-refractivity contribution in [3.63, 3.8) is 0 Å². The first-order valence-electron chi connectivity index (χ1n) is 5.71. The van der Waals surface area contributed by atoms with Gasteiger partial charge in [-0.1, -0.05) is 0 Å². The van der Waals surface area contributed by atoms with Crippen molar-refractivity contribution >= 4 is 12.4 Å². The summed E-state index contributed by atoms with van der Waals surface area (Å²) in [6, 6.07) is 0.645. The Hall–Kier alpha value is 0.170. The van der Waals surface area contributed by atoms with Gasteiger partial charge in [0.1, 0.15) is 0 Å². The summed E-state index contributed by atoms with van der Waals surface area (Å²) in [5.41, 5.74) is 5.99. The first kappa shape index (κ1) is 13.2. The summed E-state index contributed by atoms with van der Waals surface area (Å²) >= 11 is 0. The zero-order chi connectivity index (χ0) is 10.2. The molecule has 2 rings (SSSR count). The molecule has 0 aromatic rings. The van der Waals surface area contributed by atoms with Crippen LogP contribution < -0.4 is 5.73 Å². The molecule has 0 saturated carbocycles. The monoisotopic (exact) mass is 234 g/mol. The zero-order valence-electron chi connectivity index (χ0n) is 9.74. The van der Waals surface area contributed by atoms with E-state index in [-0.39, 0.29) is 17.9 Å². The Labute approximate surface area is 98.7 Å². The molecule has 2 N–H and O–H groups in total. The molecule has 2 heterocycles. The van der Waals surface area contributed by atoms with Crippen LogP contribution in [0.2, 0.25) is 0 Å². The second-order valence-electron chi connectivity index (χ2n) is 5.37. The van der Waals surface area contributed by atoms with Gasteiger partial charge >= 0.3 is 0 Å². The van der Waals surface area contributed by atoms with Gasteiger partial charge < -0.3 is 10.5 Å². The minimum atomic E-state index is -0.0789. The quantitative estimate of drug-likeness (QED) is 0.785. The van der Waals surface area contributed by atoms with Crippen LogP contribution in [0.1, 0.15) is 33.1 Å². The van der Waals surface area contributed by atoms with E-state index in [0.29, 0.717) is 12.1 Å². The minimum absolute atomic E-state index is 0. The van der Waals surface area contributed by atoms with E-state index in [2.05, 4.69) is 18.7 Å². The summed E-state index contributed by atoms with van der Waals surface area (Å²) < 4.78 is 5.72. The van der Waals surface area contributed by atoms with Gasteiger partial charge in [-0.2, -0.15) is 0 Å². The minimum Gasteiger partial charge on any atom is -0.377 e. The molecule has 0 amide bonds. The van der Waals surface area contributed by atoms with Crippen LogP contribution in [0.25, 0.3) is 0 Å². The largest absolute Gasteiger partial charge is 0.377 e. The predicted octanol–water partition coefficient (Wildman–Crippen LogP) is 1.40. The van der Waals surface area contributed by atoms with Gasteiger partial charge in [-0.15, -0.1) is 12.4 Å². The number of rotatable bonds is 2. The average Bonchev–Trinajstić information content (AvgIpc) is 2.49. The molecule has 0 aliphatic carbocycles. The lowest BCUT2D eigenvalue weighted by Gasteiger charge is -2.39. The van der Waals surface area contributed by atoms with Gasteiger partial charge in [-0.3, -0.25) is 4.90 Å². The smallest absolute Gasteiger partial charge is 0.0731 e. The number of nitrogens with two attached hydrogens (primary N) is 1. The fourth-order valence-electron chi connectivity index (χ4n) is 2.71. The molecule has 0 aromatic heterocycles. The van der Waals surface area contributed by atoms with E-state index in [1.165, 1.54) is 25.8 Å². The Kier molecular flexibility index (Phi) is 4.41. The molecule has 0 aromatic carbocycles. The molecular weight excluding hydrogens is 212 g/mol. The van der Waals surface area contributed by atoms with Crippen LogP contribution in [0.3, 0.4) is 0 Å². The lowest BCUT2D eigenvalue weighted by molar-refractivity contribution is 0.0199. The summed E-state index contributed by atoms with van der Waals surface area (Å²) in [5, 5.41) is 0. The summed E-state index contributed by atoms with van der Waals surface area (Å²) in [5.74, 6) is 0. The molecule has 2 fully saturated rings. The van der Waals surface area contributed by atoms with Crippen molar-refractivity contribution in [1.82, 2.24) is 4.90 Å². The molecule has 15 heavy (non-hydrogen) atoms. The summed E-state index contributed by atoms with van der Waals surface area (Å²) in [4.78, 5) is 2.53. The summed E-state index contributed by atoms with van der Waals surface area (Å²) in [6.45, 7) is 7.35. The van der Waals surface area contributed by atoms with Gasteiger partial charge in [-0.25, -0.2) is 0 Å². The molecule has 0 bridgehead atoms. The molecular formula is C11H23ClN2O. The second-order valence-corrected chi connectivity index (χ2v) is 5.37. The van der Waals surface area contributed by atoms with Crippen molar-refractivity contribution in [2.75, 3.05) is 19.7 Å². The summed E-state index contributed by atoms with van der Waals surface area (Å²) in [7, 11) is 0. The molecule has 2 atom stereocenters. The van der Waals surface area contributed by atoms with Crippen LogP contribution in [-0.2, 0) is 4.74 Å². The fourth-order valence-corrected chi connectivity index (χ4v) is 2.71. The fraction of sp³-hybridized carbons (Fsp3) is 1.00. The van der Waals surface area contributed by atoms with Crippen LogP contribution >= 0.6 is 12.4 Å². The van der Waals surface area contributed by atoms with Crippen LogP contribution in [0.4, 0.5) is 0 Å². The van der Waals surface area contributed by atoms with Crippen molar-refractivity contribution < 1.29 is 4.74 Å². The Morgan fingerprint density at radius 2 is 2.13 bits per heavy atom. The lowest BCUT2D eigenvalue weighted by atomic mass is 9.96. The number of hydrogen-bond acceptors (Lipinski definition) is 3. The molecule has 4 heteroatoms. The topological polar surface area (TPSA) is 38.5 Å². The highest BCUT2D eigenvalue weighted by molar-refractivity contribution is 5.85. The maximum atomic E-state index is 6.07. The van der Waals surface area contributed by atoms with Gasteiger partial charge in [0.25, 0.3) is 0 Å². The normalized spacial score (nSPS) is 32.2. The highest BCUT2D eigenvalue weighted by atomic mass is 35.5. The first-order chi connectivity index (χ1) is 6.56. The number of halogens is 1. The number of fused-ring (bicyclic) bond motifs is 1. The third kappa shape index (κ3) is 3.31. The zero-order valence-corrected chi connectivity index (χ0v) is 10.6. The van der Waals surface area contributed by atoms with Crippen molar-refractivity contribution in [2.24, 2.45) is 5.73 Å². The molecule has 2 aliphatic rings. The molecule has 2 aliphatic heterocycles. The third-order valence-corrected chi connectivity index (χ3v) is 3.19. The number of nitrogens with zero attached hydrogens (tertiary/aromatic N) is 1. The highest BCUT2D eigenvalue weighted by Gasteiger charge is 2.37. The van der Waals surface area contributed by atoms with Gasteiger partial charge in [0.15, 0.2) is 0 Å². The van der Waals surface area contributed by atoms with Crippen LogP contribution in [0.15, 0.2) is 0 Å². The van der Waals surface area contributed by atoms with Crippen molar-refractivity contribution in [2.45, 2.75) is 50.8 Å². The summed E-state index contributed by atoms with van der Waals surface area (Å²) in [6.07, 6.45) is 4.19. The molecule has 90 valence electrons. The Balaban J connectivity index is 0.00000112. The number of hydrogen-bond donors (Lipinski definition) is 1. The van der Waals surface area contributed by atoms with Gasteiger partial charge in [0, 0.05) is 24.7 Å². The molecule has 0 radical (unpaired) electrons. The molecule has 2 saturated heterocycles. The van der Waals surface area contributed by atoms with Crippen molar-refractivity contribution in [3.8, 4) is 0 Å². The highest BCUT2D eigenvalue weighted by Crippen LogP contribution is 2.28. The van der Waals surface area contributed by atoms with E-state index in [1.54, 1.807) is 0 Å². The SMILES string of the molecule is CC(C)(N)CN1CCC[C@H]2OCC[C@H]21.Cl. The van der Waals surface area contributed by atoms with Gasteiger partial charge in [0.2, 0.25) is 0 Å². The van der Waals surface area contributed by atoms with E-state index in [0.717, 1.165) is 13.2 Å². The number of piperidine rings is 1. The lowest BCUT2D eigenvalue weighted by Crippen LogP contribution is -2.53. The number of likely N-dealkylation sites (tertiary alicyclic amines) is 1. The average molecular weight is 235 g/mol. The van der Waals surface area contributed by atoms with E-state index >= 15 is 0 Å². The maximum absolute atomic E-state index is 6.07. The number of ether oxygens (including phenoxy) is 1. The van der Waals surface area contributed by atoms with Gasteiger partial charge in [0.05, 0.1) is 6.10 Å². The third-order valence-electron chi connectivity index (χ3n) is 3.19. The first-order valence-corrected chi connectivity index (χ1v) is 5.71. The van der Waals surface area contributed by atoms with Crippen LogP contribution in [0.5, 0.6) is 0 Å². The molecule has 0 unspecified atom stereocenters. The Bertz CT molecular complexity index is 205. The van der Waals surface area contributed by atoms with Crippen molar-refractivity contribution in [3.05, 3.63) is 0 Å². The van der Waals surface area contributed by atoms with E-state index in [9.17, 15) is 0 Å². The van der Waals surface area contributed by atoms with E-state index in [4.69, 9.17) is 10.5 Å². The van der Waals surface area contributed by atoms with Gasteiger partial charge in [-0.05, 0) is 39.7 Å². The van der Waals surface area contributed by atoms with Crippen LogP contribution in [0, 0.1) is 0 Å². The second kappa shape index (κ2) is 5.00. The maximum Gasteiger partial charge on any atom is 0.0731 e. The van der Waals surface area contributed by atoms with Crippen LogP contribution in [-0.4, -0.2) is 42.3 Å². The van der Waals surface area contributed by atoms with E-state index < -0.39 is 0 Å².